The van der Waals surface area contributed by atoms with Gasteiger partial charge in [0.15, 0.2) is 0 Å². The van der Waals surface area contributed by atoms with Crippen LogP contribution >= 0.6 is 0 Å². The van der Waals surface area contributed by atoms with Crippen molar-refractivity contribution < 1.29 is 27.7 Å². The highest BCUT2D eigenvalue weighted by molar-refractivity contribution is 7.79. The Hall–Kier alpha value is -2.49. The molecule has 2 aromatic carbocycles. The molecule has 0 amide bonds. The minimum atomic E-state index is -4.67. The maximum atomic E-state index is 9.12. The van der Waals surface area contributed by atoms with Crippen LogP contribution in [0.2, 0.25) is 0 Å². The number of aromatic hydroxyl groups is 2. The van der Waals surface area contributed by atoms with Crippen molar-refractivity contribution in [3.63, 3.8) is 0 Å². The molecule has 27 heavy (non-hydrogen) atoms. The molecule has 0 fully saturated rings. The second-order valence-corrected chi connectivity index (χ2v) is 6.40. The van der Waals surface area contributed by atoms with Gasteiger partial charge in [0, 0.05) is 36.6 Å². The van der Waals surface area contributed by atoms with Gasteiger partial charge in [0.1, 0.15) is 11.5 Å². The fourth-order valence-electron chi connectivity index (χ4n) is 1.98. The van der Waals surface area contributed by atoms with E-state index in [-0.39, 0.29) is 0 Å². The fraction of sp³-hybridized carbons (Fsp3) is 0.333. The molecule has 0 aliphatic rings. The number of benzene rings is 2. The average Bonchev–Trinajstić information content (AvgIpc) is 2.54. The van der Waals surface area contributed by atoms with E-state index < -0.39 is 10.4 Å². The van der Waals surface area contributed by atoms with Crippen molar-refractivity contribution in [3.8, 4) is 11.5 Å². The number of hydrogen-bond donors (Lipinski definition) is 6. The van der Waals surface area contributed by atoms with Crippen LogP contribution in [-0.4, -0.2) is 40.8 Å². The molecule has 6 N–H and O–H groups in total. The van der Waals surface area contributed by atoms with Gasteiger partial charge >= 0.3 is 10.4 Å². The molecule has 0 aliphatic heterocycles. The minimum absolute atomic E-state index is 0.312. The van der Waals surface area contributed by atoms with Crippen molar-refractivity contribution in [2.75, 3.05) is 23.7 Å². The first-order valence-corrected chi connectivity index (χ1v) is 9.64. The predicted octanol–water partition coefficient (Wildman–Crippen LogP) is 3.61. The number of phenols is 2. The monoisotopic (exact) mass is 400 g/mol. The second-order valence-electron chi connectivity index (χ2n) is 5.51. The van der Waals surface area contributed by atoms with Crippen LogP contribution in [0.1, 0.15) is 25.0 Å². The Labute approximate surface area is 160 Å². The van der Waals surface area contributed by atoms with Crippen LogP contribution in [0.25, 0.3) is 0 Å². The fourth-order valence-corrected chi connectivity index (χ4v) is 1.98. The summed E-state index contributed by atoms with van der Waals surface area (Å²) in [7, 11) is -4.67. The third-order valence-electron chi connectivity index (χ3n) is 3.18. The average molecular weight is 400 g/mol. The zero-order valence-electron chi connectivity index (χ0n) is 15.9. The van der Waals surface area contributed by atoms with E-state index in [1.807, 2.05) is 39.8 Å². The normalized spacial score (nSPS) is 10.0. The van der Waals surface area contributed by atoms with Gasteiger partial charge in [-0.2, -0.15) is 8.42 Å². The minimum Gasteiger partial charge on any atom is -0.508 e. The van der Waals surface area contributed by atoms with Crippen LogP contribution in [0.3, 0.4) is 0 Å². The molecule has 2 aromatic rings. The lowest BCUT2D eigenvalue weighted by Gasteiger charge is -2.06. The molecular formula is C18H28N2O6S. The van der Waals surface area contributed by atoms with Crippen molar-refractivity contribution in [3.05, 3.63) is 47.5 Å². The second kappa shape index (κ2) is 12.0. The van der Waals surface area contributed by atoms with E-state index in [4.69, 9.17) is 27.7 Å². The number of phenolic OH excluding ortho intramolecular Hbond substituents is 2. The summed E-state index contributed by atoms with van der Waals surface area (Å²) in [5, 5.41) is 24.6. The Morgan fingerprint density at radius 3 is 1.33 bits per heavy atom. The molecule has 8 nitrogen and oxygen atoms in total. The van der Waals surface area contributed by atoms with Crippen LogP contribution in [0.5, 0.6) is 11.5 Å². The Morgan fingerprint density at radius 2 is 1.07 bits per heavy atom. The first-order chi connectivity index (χ1) is 12.5. The number of anilines is 2. The lowest BCUT2D eigenvalue weighted by atomic mass is 10.2. The third kappa shape index (κ3) is 12.5. The molecule has 0 bridgehead atoms. The third-order valence-corrected chi connectivity index (χ3v) is 3.18. The van der Waals surface area contributed by atoms with Gasteiger partial charge in [0.25, 0.3) is 0 Å². The first kappa shape index (κ1) is 24.5. The maximum absolute atomic E-state index is 9.12. The molecule has 0 radical (unpaired) electrons. The summed E-state index contributed by atoms with van der Waals surface area (Å²) in [5.41, 5.74) is 4.33. The summed E-state index contributed by atoms with van der Waals surface area (Å²) >= 11 is 0. The van der Waals surface area contributed by atoms with Gasteiger partial charge in [-0.25, -0.2) is 0 Å². The van der Waals surface area contributed by atoms with E-state index in [1.165, 1.54) is 0 Å². The summed E-state index contributed by atoms with van der Waals surface area (Å²) < 4.78 is 31.6. The maximum Gasteiger partial charge on any atom is 0.394 e. The van der Waals surface area contributed by atoms with Crippen molar-refractivity contribution in [2.45, 2.75) is 27.7 Å². The van der Waals surface area contributed by atoms with Gasteiger partial charge in [-0.1, -0.05) is 12.1 Å². The predicted molar refractivity (Wildman–Crippen MR) is 108 cm³/mol. The van der Waals surface area contributed by atoms with E-state index in [9.17, 15) is 0 Å². The zero-order valence-corrected chi connectivity index (χ0v) is 16.7. The molecule has 0 aliphatic carbocycles. The molecule has 0 saturated carbocycles. The van der Waals surface area contributed by atoms with Gasteiger partial charge in [0.2, 0.25) is 0 Å². The summed E-state index contributed by atoms with van der Waals surface area (Å²) in [6.45, 7) is 9.84. The van der Waals surface area contributed by atoms with Gasteiger partial charge in [-0.15, -0.1) is 0 Å². The van der Waals surface area contributed by atoms with E-state index in [2.05, 4.69) is 10.6 Å². The van der Waals surface area contributed by atoms with Crippen molar-refractivity contribution >= 4 is 21.8 Å². The zero-order chi connectivity index (χ0) is 21.0. The van der Waals surface area contributed by atoms with E-state index in [0.717, 1.165) is 35.6 Å². The number of hydrogen-bond acceptors (Lipinski definition) is 6. The van der Waals surface area contributed by atoms with E-state index in [0.29, 0.717) is 11.5 Å². The summed E-state index contributed by atoms with van der Waals surface area (Å²) in [6.07, 6.45) is 0. The summed E-state index contributed by atoms with van der Waals surface area (Å²) in [6, 6.07) is 10.6. The highest BCUT2D eigenvalue weighted by atomic mass is 32.3. The van der Waals surface area contributed by atoms with Gasteiger partial charge in [-0.05, 0) is 51.0 Å². The van der Waals surface area contributed by atoms with Crippen LogP contribution in [0.15, 0.2) is 36.4 Å². The van der Waals surface area contributed by atoms with Crippen molar-refractivity contribution in [2.24, 2.45) is 0 Å². The van der Waals surface area contributed by atoms with Gasteiger partial charge in [0.05, 0.1) is 0 Å². The SMILES string of the molecule is CCNc1cc(O)ccc1C.CCNc1cc(O)ccc1C.O=S(=O)(O)O. The standard InChI is InChI=1S/2C9H13NO.H2O4S/c2*1-3-10-9-6-8(11)5-4-7(9)2;1-5(2,3)4/h2*4-6,10-11H,3H2,1-2H3;(H2,1,2,3,4). The van der Waals surface area contributed by atoms with Gasteiger partial charge in [-0.3, -0.25) is 9.11 Å². The molecule has 0 heterocycles. The lowest BCUT2D eigenvalue weighted by Crippen LogP contribution is -1.97. The topological polar surface area (TPSA) is 139 Å². The quantitative estimate of drug-likeness (QED) is 0.428. The lowest BCUT2D eigenvalue weighted by molar-refractivity contribution is 0.381. The largest absolute Gasteiger partial charge is 0.508 e. The molecule has 0 unspecified atom stereocenters. The molecular weight excluding hydrogens is 372 g/mol. The molecule has 0 aromatic heterocycles. The molecule has 9 heteroatoms. The van der Waals surface area contributed by atoms with E-state index >= 15 is 0 Å². The first-order valence-electron chi connectivity index (χ1n) is 8.24. The molecule has 2 rings (SSSR count). The molecule has 152 valence electrons. The van der Waals surface area contributed by atoms with Crippen LogP contribution in [0.4, 0.5) is 11.4 Å². The van der Waals surface area contributed by atoms with Crippen LogP contribution in [-0.2, 0) is 10.4 Å². The highest BCUT2D eigenvalue weighted by Gasteiger charge is 1.97. The Kier molecular flexibility index (Phi) is 10.9. The van der Waals surface area contributed by atoms with Crippen LogP contribution < -0.4 is 10.6 Å². The smallest absolute Gasteiger partial charge is 0.394 e. The number of rotatable bonds is 4. The van der Waals surface area contributed by atoms with Gasteiger partial charge < -0.3 is 20.8 Å². The molecule has 0 saturated heterocycles. The molecule has 0 spiro atoms. The van der Waals surface area contributed by atoms with Crippen molar-refractivity contribution in [1.82, 2.24) is 0 Å². The number of aryl methyl sites for hydroxylation is 2. The Bertz CT molecular complexity index is 748. The van der Waals surface area contributed by atoms with Crippen LogP contribution in [0, 0.1) is 13.8 Å². The number of nitrogens with one attached hydrogen (secondary N) is 2. The summed E-state index contributed by atoms with van der Waals surface area (Å²) in [5.74, 6) is 0.623. The summed E-state index contributed by atoms with van der Waals surface area (Å²) in [4.78, 5) is 0. The van der Waals surface area contributed by atoms with Crippen molar-refractivity contribution in [1.29, 1.82) is 0 Å². The molecule has 0 atom stereocenters. The Balaban J connectivity index is 0.000000405. The van der Waals surface area contributed by atoms with E-state index in [1.54, 1.807) is 24.3 Å². The highest BCUT2D eigenvalue weighted by Crippen LogP contribution is 2.20. The Morgan fingerprint density at radius 1 is 0.778 bits per heavy atom.